The molecule has 0 unspecified atom stereocenters. The zero-order valence-corrected chi connectivity index (χ0v) is 9.97. The first-order valence-electron chi connectivity index (χ1n) is 5.42. The van der Waals surface area contributed by atoms with Crippen molar-refractivity contribution in [2.45, 2.75) is 19.8 Å². The average molecular weight is 236 g/mol. The molecule has 92 valence electrons. The lowest BCUT2D eigenvalue weighted by Gasteiger charge is -2.08. The van der Waals surface area contributed by atoms with Crippen LogP contribution in [0.4, 0.5) is 0 Å². The van der Waals surface area contributed by atoms with Crippen LogP contribution in [0.2, 0.25) is 0 Å². The Morgan fingerprint density at radius 3 is 2.29 bits per heavy atom. The Balaban J connectivity index is 2.60. The molecule has 0 saturated heterocycles. The number of carbonyl (C=O) groups is 2. The molecule has 0 fully saturated rings. The van der Waals surface area contributed by atoms with Crippen LogP contribution in [0.1, 0.15) is 30.1 Å². The van der Waals surface area contributed by atoms with Crippen LogP contribution < -0.4 is 4.74 Å². The third-order valence-corrected chi connectivity index (χ3v) is 2.47. The van der Waals surface area contributed by atoms with Gasteiger partial charge >= 0.3 is 5.97 Å². The van der Waals surface area contributed by atoms with Crippen LogP contribution in [0.3, 0.4) is 0 Å². The van der Waals surface area contributed by atoms with E-state index in [1.165, 1.54) is 0 Å². The summed E-state index contributed by atoms with van der Waals surface area (Å²) in [6.45, 7) is 1.76. The van der Waals surface area contributed by atoms with E-state index < -0.39 is 5.97 Å². The van der Waals surface area contributed by atoms with Crippen molar-refractivity contribution in [3.8, 4) is 5.75 Å². The minimum atomic E-state index is -0.875. The zero-order valence-electron chi connectivity index (χ0n) is 9.97. The van der Waals surface area contributed by atoms with Gasteiger partial charge in [-0.3, -0.25) is 9.59 Å². The number of Topliss-reactive ketones (excluding diaryl/α,β-unsaturated/α-hetero) is 1. The van der Waals surface area contributed by atoms with Crippen molar-refractivity contribution in [1.29, 1.82) is 0 Å². The SMILES string of the molecule is COc1ccc(C(=O)C[C@H](C)CC(=O)O)cc1. The van der Waals surface area contributed by atoms with Crippen LogP contribution in [0, 0.1) is 5.92 Å². The third kappa shape index (κ3) is 4.26. The molecule has 0 aliphatic heterocycles. The maximum atomic E-state index is 11.8. The van der Waals surface area contributed by atoms with Gasteiger partial charge in [0.1, 0.15) is 5.75 Å². The van der Waals surface area contributed by atoms with Crippen LogP contribution >= 0.6 is 0 Å². The largest absolute Gasteiger partial charge is 0.497 e. The van der Waals surface area contributed by atoms with Crippen LogP contribution in [0.15, 0.2) is 24.3 Å². The first-order chi connectivity index (χ1) is 8.02. The molecule has 0 aliphatic carbocycles. The van der Waals surface area contributed by atoms with Gasteiger partial charge in [-0.15, -0.1) is 0 Å². The quantitative estimate of drug-likeness (QED) is 0.770. The van der Waals surface area contributed by atoms with Gasteiger partial charge in [0.15, 0.2) is 5.78 Å². The summed E-state index contributed by atoms with van der Waals surface area (Å²) in [5.41, 5.74) is 0.586. The fourth-order valence-corrected chi connectivity index (χ4v) is 1.58. The van der Waals surface area contributed by atoms with E-state index in [9.17, 15) is 9.59 Å². The summed E-state index contributed by atoms with van der Waals surface area (Å²) >= 11 is 0. The van der Waals surface area contributed by atoms with E-state index >= 15 is 0 Å². The molecule has 4 nitrogen and oxygen atoms in total. The highest BCUT2D eigenvalue weighted by Gasteiger charge is 2.14. The molecule has 1 aromatic rings. The lowest BCUT2D eigenvalue weighted by molar-refractivity contribution is -0.137. The number of hydrogen-bond donors (Lipinski definition) is 1. The second kappa shape index (κ2) is 6.03. The molecule has 17 heavy (non-hydrogen) atoms. The van der Waals surface area contributed by atoms with Crippen molar-refractivity contribution in [3.63, 3.8) is 0 Å². The molecule has 0 aromatic heterocycles. The Morgan fingerprint density at radius 2 is 1.82 bits per heavy atom. The van der Waals surface area contributed by atoms with E-state index in [1.54, 1.807) is 38.3 Å². The van der Waals surface area contributed by atoms with E-state index in [-0.39, 0.29) is 24.5 Å². The molecule has 0 spiro atoms. The maximum absolute atomic E-state index is 11.8. The van der Waals surface area contributed by atoms with Gasteiger partial charge in [-0.05, 0) is 30.2 Å². The summed E-state index contributed by atoms with van der Waals surface area (Å²) < 4.78 is 4.99. The molecule has 0 amide bonds. The van der Waals surface area contributed by atoms with Gasteiger partial charge in [0.25, 0.3) is 0 Å². The first-order valence-corrected chi connectivity index (χ1v) is 5.42. The van der Waals surface area contributed by atoms with Crippen LogP contribution in [-0.2, 0) is 4.79 Å². The summed E-state index contributed by atoms with van der Waals surface area (Å²) in [5.74, 6) is -0.372. The monoisotopic (exact) mass is 236 g/mol. The van der Waals surface area contributed by atoms with E-state index in [2.05, 4.69) is 0 Å². The van der Waals surface area contributed by atoms with E-state index in [1.807, 2.05) is 0 Å². The van der Waals surface area contributed by atoms with Crippen molar-refractivity contribution >= 4 is 11.8 Å². The molecule has 0 aliphatic rings. The summed E-state index contributed by atoms with van der Waals surface area (Å²) in [4.78, 5) is 22.3. The minimum absolute atomic E-state index is 0.0158. The Hall–Kier alpha value is -1.84. The third-order valence-electron chi connectivity index (χ3n) is 2.47. The first kappa shape index (κ1) is 13.2. The molecule has 0 saturated carbocycles. The molecular weight excluding hydrogens is 220 g/mol. The number of aliphatic carboxylic acids is 1. The Kier molecular flexibility index (Phi) is 4.69. The van der Waals surface area contributed by atoms with E-state index in [4.69, 9.17) is 9.84 Å². The number of ketones is 1. The summed E-state index contributed by atoms with van der Waals surface area (Å²) in [6, 6.07) is 6.81. The fourth-order valence-electron chi connectivity index (χ4n) is 1.58. The predicted molar refractivity (Wildman–Crippen MR) is 63.4 cm³/mol. The second-order valence-electron chi connectivity index (χ2n) is 4.06. The van der Waals surface area contributed by atoms with Gasteiger partial charge in [0.2, 0.25) is 0 Å². The minimum Gasteiger partial charge on any atom is -0.497 e. The van der Waals surface area contributed by atoms with Crippen LogP contribution in [0.5, 0.6) is 5.75 Å². The van der Waals surface area contributed by atoms with Crippen molar-refractivity contribution in [2.75, 3.05) is 7.11 Å². The number of methoxy groups -OCH3 is 1. The molecule has 4 heteroatoms. The lowest BCUT2D eigenvalue weighted by atomic mass is 9.97. The zero-order chi connectivity index (χ0) is 12.8. The van der Waals surface area contributed by atoms with E-state index in [0.717, 1.165) is 0 Å². The summed E-state index contributed by atoms with van der Waals surface area (Å²) in [6.07, 6.45) is 0.264. The molecule has 1 rings (SSSR count). The Bertz CT molecular complexity index is 394. The number of carboxylic acids is 1. The Labute approximate surface area is 100 Å². The lowest BCUT2D eigenvalue weighted by Crippen LogP contribution is -2.10. The maximum Gasteiger partial charge on any atom is 0.303 e. The highest BCUT2D eigenvalue weighted by Crippen LogP contribution is 2.16. The van der Waals surface area contributed by atoms with Crippen molar-refractivity contribution in [3.05, 3.63) is 29.8 Å². The highest BCUT2D eigenvalue weighted by molar-refractivity contribution is 5.96. The molecule has 1 aromatic carbocycles. The van der Waals surface area contributed by atoms with Gasteiger partial charge < -0.3 is 9.84 Å². The topological polar surface area (TPSA) is 63.6 Å². The molecule has 0 bridgehead atoms. The normalized spacial score (nSPS) is 11.9. The van der Waals surface area contributed by atoms with Crippen LogP contribution in [-0.4, -0.2) is 24.0 Å². The van der Waals surface area contributed by atoms with Gasteiger partial charge in [-0.25, -0.2) is 0 Å². The van der Waals surface area contributed by atoms with Gasteiger partial charge in [0.05, 0.1) is 7.11 Å². The number of benzene rings is 1. The Morgan fingerprint density at radius 1 is 1.24 bits per heavy atom. The van der Waals surface area contributed by atoms with Gasteiger partial charge in [-0.1, -0.05) is 6.92 Å². The van der Waals surface area contributed by atoms with Gasteiger partial charge in [-0.2, -0.15) is 0 Å². The molecule has 1 N–H and O–H groups in total. The van der Waals surface area contributed by atoms with Crippen molar-refractivity contribution in [2.24, 2.45) is 5.92 Å². The number of carbonyl (C=O) groups excluding carboxylic acids is 1. The molecule has 0 radical (unpaired) electrons. The molecule has 0 heterocycles. The van der Waals surface area contributed by atoms with Crippen molar-refractivity contribution in [1.82, 2.24) is 0 Å². The fraction of sp³-hybridized carbons (Fsp3) is 0.385. The standard InChI is InChI=1S/C13H16O4/c1-9(8-13(15)16)7-12(14)10-3-5-11(17-2)6-4-10/h3-6,9H,7-8H2,1-2H3,(H,15,16)/t9-/m0/s1. The molecule has 1 atom stereocenters. The average Bonchev–Trinajstić information content (AvgIpc) is 2.28. The van der Waals surface area contributed by atoms with Crippen LogP contribution in [0.25, 0.3) is 0 Å². The predicted octanol–water partition coefficient (Wildman–Crippen LogP) is 2.38. The highest BCUT2D eigenvalue weighted by atomic mass is 16.5. The number of rotatable bonds is 6. The summed E-state index contributed by atoms with van der Waals surface area (Å²) in [5, 5.41) is 8.61. The molecular formula is C13H16O4. The summed E-state index contributed by atoms with van der Waals surface area (Å²) in [7, 11) is 1.56. The number of hydrogen-bond acceptors (Lipinski definition) is 3. The number of ether oxygens (including phenoxy) is 1. The van der Waals surface area contributed by atoms with Gasteiger partial charge in [0, 0.05) is 18.4 Å². The van der Waals surface area contributed by atoms with Crippen molar-refractivity contribution < 1.29 is 19.4 Å². The second-order valence-corrected chi connectivity index (χ2v) is 4.06. The number of carboxylic acid groups (broad SMARTS) is 1. The van der Waals surface area contributed by atoms with E-state index in [0.29, 0.717) is 11.3 Å². The smallest absolute Gasteiger partial charge is 0.303 e.